The molecule has 9 heteroatoms. The third-order valence-corrected chi connectivity index (χ3v) is 5.98. The summed E-state index contributed by atoms with van der Waals surface area (Å²) in [5, 5.41) is 0.807. The SMILES string of the molecule is COc1cccc(N(Cc2cc3ccc(OC)cc3[nH]c2=O)C(=O)c2cc(OC)c(OC)c(OC)c2)c1. The normalized spacial score (nSPS) is 10.6. The minimum atomic E-state index is -0.373. The van der Waals surface area contributed by atoms with Gasteiger partial charge in [-0.25, -0.2) is 0 Å². The van der Waals surface area contributed by atoms with E-state index in [9.17, 15) is 9.59 Å². The smallest absolute Gasteiger partial charge is 0.258 e. The van der Waals surface area contributed by atoms with E-state index in [2.05, 4.69) is 4.98 Å². The average Bonchev–Trinajstić information content (AvgIpc) is 2.94. The largest absolute Gasteiger partial charge is 0.497 e. The minimum Gasteiger partial charge on any atom is -0.497 e. The number of pyridine rings is 1. The summed E-state index contributed by atoms with van der Waals surface area (Å²) in [6, 6.07) is 17.4. The van der Waals surface area contributed by atoms with Crippen molar-refractivity contribution >= 4 is 22.5 Å². The number of amides is 1. The van der Waals surface area contributed by atoms with E-state index < -0.39 is 0 Å². The lowest BCUT2D eigenvalue weighted by molar-refractivity contribution is 0.0984. The first kappa shape index (κ1) is 25.4. The molecule has 0 aliphatic rings. The highest BCUT2D eigenvalue weighted by Gasteiger charge is 2.24. The Labute approximate surface area is 214 Å². The van der Waals surface area contributed by atoms with Gasteiger partial charge in [-0.15, -0.1) is 0 Å². The molecule has 0 radical (unpaired) electrons. The molecule has 0 spiro atoms. The average molecular weight is 505 g/mol. The molecule has 1 amide bonds. The molecule has 3 aromatic carbocycles. The van der Waals surface area contributed by atoms with E-state index in [1.54, 1.807) is 62.8 Å². The van der Waals surface area contributed by atoms with Gasteiger partial charge in [-0.05, 0) is 47.9 Å². The molecule has 4 aromatic rings. The Morgan fingerprint density at radius 1 is 0.784 bits per heavy atom. The molecule has 0 saturated heterocycles. The zero-order valence-corrected chi connectivity index (χ0v) is 21.3. The van der Waals surface area contributed by atoms with Crippen LogP contribution in [0.1, 0.15) is 15.9 Å². The van der Waals surface area contributed by atoms with Crippen LogP contribution in [-0.4, -0.2) is 46.4 Å². The van der Waals surface area contributed by atoms with Gasteiger partial charge >= 0.3 is 0 Å². The maximum absolute atomic E-state index is 13.9. The van der Waals surface area contributed by atoms with Crippen molar-refractivity contribution in [3.05, 3.63) is 82.1 Å². The Hall–Kier alpha value is -4.66. The van der Waals surface area contributed by atoms with E-state index >= 15 is 0 Å². The first-order chi connectivity index (χ1) is 17.9. The fraction of sp³-hybridized carbons (Fsp3) is 0.214. The zero-order valence-electron chi connectivity index (χ0n) is 21.3. The van der Waals surface area contributed by atoms with Crippen molar-refractivity contribution in [1.29, 1.82) is 0 Å². The van der Waals surface area contributed by atoms with E-state index in [0.29, 0.717) is 51.1 Å². The summed E-state index contributed by atoms with van der Waals surface area (Å²) in [7, 11) is 7.57. The van der Waals surface area contributed by atoms with Crippen LogP contribution in [0.4, 0.5) is 5.69 Å². The number of hydrogen-bond acceptors (Lipinski definition) is 7. The van der Waals surface area contributed by atoms with E-state index in [1.165, 1.54) is 26.2 Å². The third-order valence-electron chi connectivity index (χ3n) is 5.98. The number of ether oxygens (including phenoxy) is 5. The van der Waals surface area contributed by atoms with Gasteiger partial charge in [0, 0.05) is 28.9 Å². The van der Waals surface area contributed by atoms with E-state index in [0.717, 1.165) is 5.39 Å². The Kier molecular flexibility index (Phi) is 7.52. The lowest BCUT2D eigenvalue weighted by Crippen LogP contribution is -2.33. The number of aromatic nitrogens is 1. The van der Waals surface area contributed by atoms with Gasteiger partial charge in [-0.3, -0.25) is 9.59 Å². The highest BCUT2D eigenvalue weighted by molar-refractivity contribution is 6.07. The summed E-state index contributed by atoms with van der Waals surface area (Å²) in [6.45, 7) is -0.0000361. The third kappa shape index (κ3) is 5.16. The van der Waals surface area contributed by atoms with Gasteiger partial charge in [-0.2, -0.15) is 0 Å². The molecule has 0 aliphatic carbocycles. The summed E-state index contributed by atoms with van der Waals surface area (Å²) >= 11 is 0. The highest BCUT2D eigenvalue weighted by Crippen LogP contribution is 2.39. The van der Waals surface area contributed by atoms with Crippen molar-refractivity contribution in [2.45, 2.75) is 6.54 Å². The number of benzene rings is 3. The fourth-order valence-electron chi connectivity index (χ4n) is 4.06. The second kappa shape index (κ2) is 10.9. The lowest BCUT2D eigenvalue weighted by Gasteiger charge is -2.24. The number of methoxy groups -OCH3 is 5. The topological polar surface area (TPSA) is 99.3 Å². The summed E-state index contributed by atoms with van der Waals surface area (Å²) < 4.78 is 26.9. The number of anilines is 1. The number of aromatic amines is 1. The van der Waals surface area contributed by atoms with Gasteiger partial charge in [0.2, 0.25) is 5.75 Å². The van der Waals surface area contributed by atoms with Crippen molar-refractivity contribution in [1.82, 2.24) is 4.98 Å². The molecular weight excluding hydrogens is 476 g/mol. The molecule has 192 valence electrons. The van der Waals surface area contributed by atoms with Crippen molar-refractivity contribution in [2.75, 3.05) is 40.4 Å². The van der Waals surface area contributed by atoms with Gasteiger partial charge in [-0.1, -0.05) is 6.07 Å². The first-order valence-electron chi connectivity index (χ1n) is 11.4. The van der Waals surface area contributed by atoms with E-state index in [1.807, 2.05) is 12.1 Å². The molecule has 0 fully saturated rings. The molecule has 0 saturated carbocycles. The van der Waals surface area contributed by atoms with Crippen molar-refractivity contribution in [2.24, 2.45) is 0 Å². The quantitative estimate of drug-likeness (QED) is 0.360. The van der Waals surface area contributed by atoms with Crippen LogP contribution >= 0.6 is 0 Å². The standard InChI is InChI=1S/C28H28N2O7/c1-33-21-8-6-7-20(14-21)30(28(32)18-12-24(35-3)26(37-5)25(13-18)36-4)16-19-11-17-9-10-22(34-2)15-23(17)29-27(19)31/h6-15H,16H2,1-5H3,(H,29,31). The zero-order chi connectivity index (χ0) is 26.5. The van der Waals surface area contributed by atoms with Gasteiger partial charge in [0.25, 0.3) is 11.5 Å². The van der Waals surface area contributed by atoms with Crippen molar-refractivity contribution < 1.29 is 28.5 Å². The van der Waals surface area contributed by atoms with E-state index in [-0.39, 0.29) is 18.0 Å². The monoisotopic (exact) mass is 504 g/mol. The molecule has 0 unspecified atom stereocenters. The van der Waals surface area contributed by atoms with Crippen LogP contribution in [0.2, 0.25) is 0 Å². The Balaban J connectivity index is 1.83. The molecule has 37 heavy (non-hydrogen) atoms. The lowest BCUT2D eigenvalue weighted by atomic mass is 10.1. The molecule has 1 aromatic heterocycles. The van der Waals surface area contributed by atoms with Gasteiger partial charge in [0.15, 0.2) is 11.5 Å². The maximum atomic E-state index is 13.9. The molecule has 1 N–H and O–H groups in total. The Morgan fingerprint density at radius 3 is 2.08 bits per heavy atom. The fourth-order valence-corrected chi connectivity index (χ4v) is 4.06. The molecule has 4 rings (SSSR count). The maximum Gasteiger partial charge on any atom is 0.258 e. The summed E-state index contributed by atoms with van der Waals surface area (Å²) in [4.78, 5) is 31.4. The van der Waals surface area contributed by atoms with Crippen LogP contribution in [0.5, 0.6) is 28.7 Å². The Bertz CT molecular complexity index is 1470. The molecule has 0 aliphatic heterocycles. The number of hydrogen-bond donors (Lipinski definition) is 1. The van der Waals surface area contributed by atoms with Crippen LogP contribution in [0, 0.1) is 0 Å². The van der Waals surface area contributed by atoms with Gasteiger partial charge in [0.05, 0.1) is 47.6 Å². The highest BCUT2D eigenvalue weighted by atomic mass is 16.5. The van der Waals surface area contributed by atoms with Gasteiger partial charge in [0.1, 0.15) is 11.5 Å². The second-order valence-electron chi connectivity index (χ2n) is 8.08. The van der Waals surface area contributed by atoms with Crippen LogP contribution in [0.3, 0.4) is 0 Å². The number of nitrogens with one attached hydrogen (secondary N) is 1. The summed E-state index contributed by atoms with van der Waals surface area (Å²) in [6.07, 6.45) is 0. The molecule has 1 heterocycles. The predicted octanol–water partition coefficient (Wildman–Crippen LogP) is 4.42. The Morgan fingerprint density at radius 2 is 1.46 bits per heavy atom. The van der Waals surface area contributed by atoms with Crippen molar-refractivity contribution in [3.63, 3.8) is 0 Å². The molecule has 0 atom stereocenters. The van der Waals surface area contributed by atoms with E-state index in [4.69, 9.17) is 23.7 Å². The first-order valence-corrected chi connectivity index (χ1v) is 11.4. The minimum absolute atomic E-state index is 0.0000361. The number of carbonyl (C=O) groups excluding carboxylic acids is 1. The molecule has 9 nitrogen and oxygen atoms in total. The number of carbonyl (C=O) groups is 1. The summed E-state index contributed by atoms with van der Waals surface area (Å²) in [5.41, 5.74) is 1.57. The van der Waals surface area contributed by atoms with Crippen LogP contribution in [0.15, 0.2) is 65.5 Å². The second-order valence-corrected chi connectivity index (χ2v) is 8.08. The van der Waals surface area contributed by atoms with Crippen LogP contribution < -0.4 is 34.1 Å². The van der Waals surface area contributed by atoms with Crippen LogP contribution in [-0.2, 0) is 6.54 Å². The molecule has 0 bridgehead atoms. The van der Waals surface area contributed by atoms with Crippen LogP contribution in [0.25, 0.3) is 10.9 Å². The predicted molar refractivity (Wildman–Crippen MR) is 141 cm³/mol. The van der Waals surface area contributed by atoms with Crippen molar-refractivity contribution in [3.8, 4) is 28.7 Å². The summed E-state index contributed by atoms with van der Waals surface area (Å²) in [5.74, 6) is 1.88. The number of fused-ring (bicyclic) bond motifs is 1. The number of H-pyrrole nitrogens is 1. The number of nitrogens with zero attached hydrogens (tertiary/aromatic N) is 1. The number of rotatable bonds is 9. The molecular formula is C28H28N2O7. The van der Waals surface area contributed by atoms with Gasteiger partial charge < -0.3 is 33.6 Å².